The number of esters is 1. The third-order valence-electron chi connectivity index (χ3n) is 4.70. The van der Waals surface area contributed by atoms with Crippen LogP contribution in [0, 0.1) is 20.8 Å². The maximum Gasteiger partial charge on any atom is 0.339 e. The van der Waals surface area contributed by atoms with Crippen molar-refractivity contribution in [1.82, 2.24) is 0 Å². The number of anilines is 1. The van der Waals surface area contributed by atoms with E-state index in [9.17, 15) is 14.4 Å². The van der Waals surface area contributed by atoms with Gasteiger partial charge in [-0.15, -0.1) is 0 Å². The van der Waals surface area contributed by atoms with Gasteiger partial charge in [0, 0.05) is 16.8 Å². The van der Waals surface area contributed by atoms with Crippen molar-refractivity contribution in [1.29, 1.82) is 0 Å². The van der Waals surface area contributed by atoms with Crippen molar-refractivity contribution in [3.63, 3.8) is 0 Å². The second kappa shape index (κ2) is 9.18. The van der Waals surface area contributed by atoms with Crippen molar-refractivity contribution >= 4 is 23.3 Å². The Morgan fingerprint density at radius 3 is 2.10 bits per heavy atom. The van der Waals surface area contributed by atoms with Crippen LogP contribution in [0.3, 0.4) is 0 Å². The lowest BCUT2D eigenvalue weighted by atomic mass is 9.98. The molecule has 0 bridgehead atoms. The average molecular weight is 401 g/mol. The molecule has 0 atom stereocenters. The van der Waals surface area contributed by atoms with Crippen molar-refractivity contribution in [2.45, 2.75) is 20.8 Å². The third-order valence-corrected chi connectivity index (χ3v) is 4.70. The molecule has 1 N–H and O–H groups in total. The van der Waals surface area contributed by atoms with Gasteiger partial charge >= 0.3 is 5.97 Å². The first-order valence-electron chi connectivity index (χ1n) is 9.60. The highest BCUT2D eigenvalue weighted by molar-refractivity contribution is 6.14. The lowest BCUT2D eigenvalue weighted by molar-refractivity contribution is -0.119. The number of amides is 1. The highest BCUT2D eigenvalue weighted by Gasteiger charge is 2.20. The Labute approximate surface area is 175 Å². The molecule has 0 aliphatic carbocycles. The lowest BCUT2D eigenvalue weighted by Gasteiger charge is -2.11. The molecule has 30 heavy (non-hydrogen) atoms. The fourth-order valence-corrected chi connectivity index (χ4v) is 3.07. The van der Waals surface area contributed by atoms with Crippen LogP contribution in [0.4, 0.5) is 5.69 Å². The topological polar surface area (TPSA) is 72.5 Å². The molecule has 0 fully saturated rings. The van der Waals surface area contributed by atoms with Gasteiger partial charge < -0.3 is 10.1 Å². The lowest BCUT2D eigenvalue weighted by Crippen LogP contribution is -2.22. The Morgan fingerprint density at radius 2 is 1.43 bits per heavy atom. The molecule has 5 nitrogen and oxygen atoms in total. The van der Waals surface area contributed by atoms with Crippen LogP contribution in [0.15, 0.2) is 66.7 Å². The summed E-state index contributed by atoms with van der Waals surface area (Å²) in [5, 5.41) is 2.73. The summed E-state index contributed by atoms with van der Waals surface area (Å²) in [6, 6.07) is 19.2. The number of carbonyl (C=O) groups is 3. The largest absolute Gasteiger partial charge is 0.452 e. The predicted octanol–water partition coefficient (Wildman–Crippen LogP) is 4.64. The highest BCUT2D eigenvalue weighted by atomic mass is 16.5. The van der Waals surface area contributed by atoms with E-state index < -0.39 is 18.5 Å². The molecule has 3 aromatic carbocycles. The van der Waals surface area contributed by atoms with E-state index in [0.29, 0.717) is 11.3 Å². The van der Waals surface area contributed by atoms with Gasteiger partial charge in [-0.05, 0) is 38.5 Å². The van der Waals surface area contributed by atoms with E-state index in [-0.39, 0.29) is 16.9 Å². The third kappa shape index (κ3) is 5.00. The molecule has 3 aromatic rings. The molecule has 1 amide bonds. The number of aryl methyl sites for hydroxylation is 3. The Bertz CT molecular complexity index is 1100. The highest BCUT2D eigenvalue weighted by Crippen LogP contribution is 2.18. The van der Waals surface area contributed by atoms with Crippen LogP contribution < -0.4 is 5.32 Å². The standard InChI is InChI=1S/C25H23NO4/c1-16-8-11-19(12-9-16)24(28)20-6-4-5-7-21(20)25(29)30-15-23(27)26-22-13-10-17(2)14-18(22)3/h4-14H,15H2,1-3H3,(H,26,27). The summed E-state index contributed by atoms with van der Waals surface area (Å²) in [6.07, 6.45) is 0. The van der Waals surface area contributed by atoms with Crippen LogP contribution in [0.25, 0.3) is 0 Å². The molecule has 152 valence electrons. The van der Waals surface area contributed by atoms with Crippen molar-refractivity contribution in [2.24, 2.45) is 0 Å². The Morgan fingerprint density at radius 1 is 0.800 bits per heavy atom. The van der Waals surface area contributed by atoms with E-state index >= 15 is 0 Å². The number of rotatable bonds is 6. The fourth-order valence-electron chi connectivity index (χ4n) is 3.07. The van der Waals surface area contributed by atoms with Gasteiger partial charge in [-0.25, -0.2) is 4.79 Å². The molecule has 5 heteroatoms. The molecule has 0 radical (unpaired) electrons. The first-order valence-corrected chi connectivity index (χ1v) is 9.60. The van der Waals surface area contributed by atoms with Gasteiger partial charge in [-0.3, -0.25) is 9.59 Å². The van der Waals surface area contributed by atoms with Gasteiger partial charge in [0.1, 0.15) is 0 Å². The van der Waals surface area contributed by atoms with Gasteiger partial charge in [0.05, 0.1) is 5.56 Å². The van der Waals surface area contributed by atoms with Crippen LogP contribution in [0.2, 0.25) is 0 Å². The molecule has 0 aliphatic rings. The Kier molecular flexibility index (Phi) is 6.42. The number of ether oxygens (including phenoxy) is 1. The number of benzene rings is 3. The van der Waals surface area contributed by atoms with E-state index in [2.05, 4.69) is 5.32 Å². The number of hydrogen-bond donors (Lipinski definition) is 1. The van der Waals surface area contributed by atoms with E-state index in [1.165, 1.54) is 6.07 Å². The van der Waals surface area contributed by atoms with Crippen molar-refractivity contribution in [3.8, 4) is 0 Å². The van der Waals surface area contributed by atoms with Gasteiger partial charge in [0.25, 0.3) is 5.91 Å². The van der Waals surface area contributed by atoms with E-state index in [1.54, 1.807) is 36.4 Å². The molecule has 3 rings (SSSR count). The predicted molar refractivity (Wildman–Crippen MR) is 116 cm³/mol. The molecule has 0 saturated heterocycles. The fraction of sp³-hybridized carbons (Fsp3) is 0.160. The van der Waals surface area contributed by atoms with E-state index in [1.807, 2.05) is 45.0 Å². The van der Waals surface area contributed by atoms with Crippen LogP contribution in [-0.2, 0) is 9.53 Å². The molecule has 0 heterocycles. The van der Waals surface area contributed by atoms with Crippen LogP contribution in [0.5, 0.6) is 0 Å². The molecule has 0 unspecified atom stereocenters. The van der Waals surface area contributed by atoms with Crippen LogP contribution in [0.1, 0.15) is 43.0 Å². The van der Waals surface area contributed by atoms with E-state index in [0.717, 1.165) is 16.7 Å². The van der Waals surface area contributed by atoms with Crippen LogP contribution >= 0.6 is 0 Å². The van der Waals surface area contributed by atoms with Crippen molar-refractivity contribution in [3.05, 3.63) is 100 Å². The minimum Gasteiger partial charge on any atom is -0.452 e. The maximum atomic E-state index is 12.8. The monoisotopic (exact) mass is 401 g/mol. The first-order chi connectivity index (χ1) is 14.3. The number of nitrogens with one attached hydrogen (secondary N) is 1. The zero-order chi connectivity index (χ0) is 21.7. The summed E-state index contributed by atoms with van der Waals surface area (Å²) in [5.41, 5.74) is 4.55. The minimum atomic E-state index is -0.721. The molecule has 0 spiro atoms. The Balaban J connectivity index is 1.69. The smallest absolute Gasteiger partial charge is 0.339 e. The summed E-state index contributed by atoms with van der Waals surface area (Å²) in [5.74, 6) is -1.44. The first kappa shape index (κ1) is 21.0. The number of carbonyl (C=O) groups excluding carboxylic acids is 3. The molecule has 0 saturated carbocycles. The van der Waals surface area contributed by atoms with Gasteiger partial charge in [-0.2, -0.15) is 0 Å². The zero-order valence-corrected chi connectivity index (χ0v) is 17.2. The van der Waals surface area contributed by atoms with E-state index in [4.69, 9.17) is 4.74 Å². The molecule has 0 aliphatic heterocycles. The van der Waals surface area contributed by atoms with Crippen molar-refractivity contribution < 1.29 is 19.1 Å². The number of ketones is 1. The maximum absolute atomic E-state index is 12.8. The van der Waals surface area contributed by atoms with Gasteiger partial charge in [0.15, 0.2) is 12.4 Å². The quantitative estimate of drug-likeness (QED) is 0.482. The minimum absolute atomic E-state index is 0.127. The zero-order valence-electron chi connectivity index (χ0n) is 17.2. The normalized spacial score (nSPS) is 10.4. The summed E-state index contributed by atoms with van der Waals surface area (Å²) < 4.78 is 5.17. The summed E-state index contributed by atoms with van der Waals surface area (Å²) in [4.78, 5) is 37.6. The SMILES string of the molecule is Cc1ccc(C(=O)c2ccccc2C(=O)OCC(=O)Nc2ccc(C)cc2C)cc1. The molecular formula is C25H23NO4. The second-order valence-electron chi connectivity index (χ2n) is 7.18. The molecular weight excluding hydrogens is 378 g/mol. The van der Waals surface area contributed by atoms with Crippen LogP contribution in [-0.4, -0.2) is 24.3 Å². The Hall–Kier alpha value is -3.73. The second-order valence-corrected chi connectivity index (χ2v) is 7.18. The van der Waals surface area contributed by atoms with Gasteiger partial charge in [-0.1, -0.05) is 65.7 Å². The summed E-state index contributed by atoms with van der Waals surface area (Å²) in [7, 11) is 0. The van der Waals surface area contributed by atoms with Gasteiger partial charge in [0.2, 0.25) is 0 Å². The average Bonchev–Trinajstić information content (AvgIpc) is 2.74. The summed E-state index contributed by atoms with van der Waals surface area (Å²) >= 11 is 0. The number of hydrogen-bond acceptors (Lipinski definition) is 4. The summed E-state index contributed by atoms with van der Waals surface area (Å²) in [6.45, 7) is 5.35. The molecule has 0 aromatic heterocycles. The van der Waals surface area contributed by atoms with Crippen molar-refractivity contribution in [2.75, 3.05) is 11.9 Å².